The highest BCUT2D eigenvalue weighted by Crippen LogP contribution is 2.41. The molecule has 1 saturated carbocycles. The molecule has 1 saturated heterocycles. The Morgan fingerprint density at radius 1 is 1.18 bits per heavy atom. The lowest BCUT2D eigenvalue weighted by Gasteiger charge is -2.41. The molecular formula is C21H28N2O5. The number of carbonyl (C=O) groups is 2. The summed E-state index contributed by atoms with van der Waals surface area (Å²) in [6, 6.07) is 5.06. The van der Waals surface area contributed by atoms with E-state index in [-0.39, 0.29) is 25.2 Å². The lowest BCUT2D eigenvalue weighted by molar-refractivity contribution is -0.160. The van der Waals surface area contributed by atoms with Crippen LogP contribution in [-0.2, 0) is 20.9 Å². The number of hydrogen-bond acceptors (Lipinski definition) is 5. The van der Waals surface area contributed by atoms with Crippen LogP contribution >= 0.6 is 0 Å². The molecule has 3 aliphatic rings. The van der Waals surface area contributed by atoms with Crippen molar-refractivity contribution in [2.45, 2.75) is 70.2 Å². The van der Waals surface area contributed by atoms with Gasteiger partial charge in [-0.2, -0.15) is 0 Å². The van der Waals surface area contributed by atoms with Gasteiger partial charge in [-0.15, -0.1) is 0 Å². The number of rotatable bonds is 5. The standard InChI is InChI=1S/C21H28N2O5/c1-2-6-19(24)23-16(13-28-21(23)9-4-3-5-10-21)20(25)22-12-15-7-8-17-18(11-15)27-14-26-17/h7-8,11,16H,2-6,9-10,12-14H2,1H3,(H,22,25)/t16-/m0/s1. The van der Waals surface area contributed by atoms with Gasteiger partial charge in [-0.3, -0.25) is 14.5 Å². The molecule has 1 spiro atoms. The van der Waals surface area contributed by atoms with Crippen LogP contribution in [0.4, 0.5) is 0 Å². The van der Waals surface area contributed by atoms with E-state index in [1.807, 2.05) is 25.1 Å². The van der Waals surface area contributed by atoms with Crippen molar-refractivity contribution in [3.8, 4) is 11.5 Å². The fourth-order valence-corrected chi connectivity index (χ4v) is 4.44. The van der Waals surface area contributed by atoms with E-state index in [0.29, 0.717) is 18.7 Å². The van der Waals surface area contributed by atoms with E-state index in [1.54, 1.807) is 4.90 Å². The number of nitrogens with one attached hydrogen (secondary N) is 1. The molecule has 0 radical (unpaired) electrons. The van der Waals surface area contributed by atoms with Crippen LogP contribution in [0.5, 0.6) is 11.5 Å². The molecule has 2 amide bonds. The van der Waals surface area contributed by atoms with Crippen molar-refractivity contribution in [2.24, 2.45) is 0 Å². The minimum Gasteiger partial charge on any atom is -0.454 e. The monoisotopic (exact) mass is 388 g/mol. The maximum absolute atomic E-state index is 13.0. The van der Waals surface area contributed by atoms with Crippen LogP contribution in [0.3, 0.4) is 0 Å². The summed E-state index contributed by atoms with van der Waals surface area (Å²) in [5, 5.41) is 2.97. The minimum absolute atomic E-state index is 0.0186. The quantitative estimate of drug-likeness (QED) is 0.839. The molecule has 1 aromatic rings. The molecule has 1 N–H and O–H groups in total. The Labute approximate surface area is 165 Å². The second kappa shape index (κ2) is 7.99. The minimum atomic E-state index is -0.592. The van der Waals surface area contributed by atoms with E-state index in [9.17, 15) is 9.59 Å². The molecule has 1 aromatic carbocycles. The first-order chi connectivity index (χ1) is 13.6. The third kappa shape index (κ3) is 3.55. The molecule has 7 nitrogen and oxygen atoms in total. The summed E-state index contributed by atoms with van der Waals surface area (Å²) in [5.74, 6) is 1.27. The highest BCUT2D eigenvalue weighted by molar-refractivity contribution is 5.88. The molecule has 2 fully saturated rings. The first-order valence-corrected chi connectivity index (χ1v) is 10.3. The molecule has 0 unspecified atom stereocenters. The second-order valence-electron chi connectivity index (χ2n) is 7.75. The van der Waals surface area contributed by atoms with Crippen molar-refractivity contribution in [3.05, 3.63) is 23.8 Å². The summed E-state index contributed by atoms with van der Waals surface area (Å²) in [6.07, 6.45) is 6.04. The van der Waals surface area contributed by atoms with Gasteiger partial charge < -0.3 is 19.5 Å². The molecule has 0 aromatic heterocycles. The molecule has 2 aliphatic heterocycles. The smallest absolute Gasteiger partial charge is 0.245 e. The zero-order chi connectivity index (χ0) is 19.6. The predicted octanol–water partition coefficient (Wildman–Crippen LogP) is 2.72. The summed E-state index contributed by atoms with van der Waals surface area (Å²) in [4.78, 5) is 27.6. The van der Waals surface area contributed by atoms with Gasteiger partial charge in [0.1, 0.15) is 11.8 Å². The zero-order valence-electron chi connectivity index (χ0n) is 16.4. The van der Waals surface area contributed by atoms with E-state index in [1.165, 1.54) is 0 Å². The van der Waals surface area contributed by atoms with Crippen LogP contribution in [0.2, 0.25) is 0 Å². The van der Waals surface area contributed by atoms with E-state index < -0.39 is 11.8 Å². The van der Waals surface area contributed by atoms with E-state index in [4.69, 9.17) is 14.2 Å². The average Bonchev–Trinajstić information content (AvgIpc) is 3.31. The first-order valence-electron chi connectivity index (χ1n) is 10.3. The number of fused-ring (bicyclic) bond motifs is 1. The Bertz CT molecular complexity index is 744. The van der Waals surface area contributed by atoms with Crippen molar-refractivity contribution in [1.82, 2.24) is 10.2 Å². The summed E-state index contributed by atoms with van der Waals surface area (Å²) in [5.41, 5.74) is 0.334. The van der Waals surface area contributed by atoms with Crippen LogP contribution in [0.15, 0.2) is 18.2 Å². The molecule has 7 heteroatoms. The van der Waals surface area contributed by atoms with Gasteiger partial charge in [0.25, 0.3) is 0 Å². The van der Waals surface area contributed by atoms with Crippen LogP contribution in [0, 0.1) is 0 Å². The highest BCUT2D eigenvalue weighted by atomic mass is 16.7. The Hall–Kier alpha value is -2.28. The number of benzene rings is 1. The van der Waals surface area contributed by atoms with Gasteiger partial charge in [0.15, 0.2) is 11.5 Å². The van der Waals surface area contributed by atoms with Gasteiger partial charge in [0.05, 0.1) is 6.61 Å². The Morgan fingerprint density at radius 2 is 1.96 bits per heavy atom. The largest absolute Gasteiger partial charge is 0.454 e. The molecule has 152 valence electrons. The summed E-state index contributed by atoms with van der Waals surface area (Å²) >= 11 is 0. The average molecular weight is 388 g/mol. The van der Waals surface area contributed by atoms with Crippen molar-refractivity contribution in [1.29, 1.82) is 0 Å². The van der Waals surface area contributed by atoms with Gasteiger partial charge in [-0.25, -0.2) is 0 Å². The van der Waals surface area contributed by atoms with Gasteiger partial charge in [0.2, 0.25) is 18.6 Å². The van der Waals surface area contributed by atoms with Crippen LogP contribution < -0.4 is 14.8 Å². The summed E-state index contributed by atoms with van der Waals surface area (Å²) in [6.45, 7) is 2.84. The zero-order valence-corrected chi connectivity index (χ0v) is 16.4. The molecule has 0 bridgehead atoms. The SMILES string of the molecule is CCCC(=O)N1[C@H](C(=O)NCc2ccc3c(c2)OCO3)COC12CCCCC2. The number of amides is 2. The molecule has 1 aliphatic carbocycles. The van der Waals surface area contributed by atoms with E-state index >= 15 is 0 Å². The van der Waals surface area contributed by atoms with E-state index in [0.717, 1.165) is 49.8 Å². The maximum Gasteiger partial charge on any atom is 0.245 e. The Balaban J connectivity index is 1.45. The third-order valence-electron chi connectivity index (χ3n) is 5.83. The molecule has 28 heavy (non-hydrogen) atoms. The number of carbonyl (C=O) groups excluding carboxylic acids is 2. The maximum atomic E-state index is 13.0. The highest BCUT2D eigenvalue weighted by Gasteiger charge is 2.52. The lowest BCUT2D eigenvalue weighted by Crippen LogP contribution is -2.56. The van der Waals surface area contributed by atoms with E-state index in [2.05, 4.69) is 5.32 Å². The number of ether oxygens (including phenoxy) is 3. The van der Waals surface area contributed by atoms with Crippen molar-refractivity contribution >= 4 is 11.8 Å². The van der Waals surface area contributed by atoms with Crippen molar-refractivity contribution in [3.63, 3.8) is 0 Å². The molecule has 2 heterocycles. The predicted molar refractivity (Wildman–Crippen MR) is 102 cm³/mol. The normalized spacial score (nSPS) is 22.5. The van der Waals surface area contributed by atoms with Crippen molar-refractivity contribution in [2.75, 3.05) is 13.4 Å². The van der Waals surface area contributed by atoms with Crippen LogP contribution in [0.25, 0.3) is 0 Å². The van der Waals surface area contributed by atoms with Gasteiger partial charge >= 0.3 is 0 Å². The van der Waals surface area contributed by atoms with Gasteiger partial charge in [-0.1, -0.05) is 19.4 Å². The molecule has 1 atom stereocenters. The van der Waals surface area contributed by atoms with Crippen LogP contribution in [0.1, 0.15) is 57.4 Å². The van der Waals surface area contributed by atoms with Crippen molar-refractivity contribution < 1.29 is 23.8 Å². The molecule has 4 rings (SSSR count). The number of hydrogen-bond donors (Lipinski definition) is 1. The summed E-state index contributed by atoms with van der Waals surface area (Å²) < 4.78 is 16.8. The second-order valence-corrected chi connectivity index (χ2v) is 7.75. The lowest BCUT2D eigenvalue weighted by atomic mass is 9.90. The fourth-order valence-electron chi connectivity index (χ4n) is 4.44. The number of nitrogens with zero attached hydrogens (tertiary/aromatic N) is 1. The first kappa shape index (κ1) is 19.1. The van der Waals surface area contributed by atoms with Gasteiger partial charge in [-0.05, 0) is 49.8 Å². The Morgan fingerprint density at radius 3 is 2.75 bits per heavy atom. The van der Waals surface area contributed by atoms with Crippen LogP contribution in [-0.4, -0.2) is 41.9 Å². The third-order valence-corrected chi connectivity index (χ3v) is 5.83. The topological polar surface area (TPSA) is 77.1 Å². The molecular weight excluding hydrogens is 360 g/mol. The summed E-state index contributed by atoms with van der Waals surface area (Å²) in [7, 11) is 0. The van der Waals surface area contributed by atoms with Gasteiger partial charge in [0, 0.05) is 13.0 Å². The Kier molecular flexibility index (Phi) is 5.44. The fraction of sp³-hybridized carbons (Fsp3) is 0.619.